The molecular weight excluding hydrogens is 274 g/mol. The maximum atomic E-state index is 11.1. The summed E-state index contributed by atoms with van der Waals surface area (Å²) in [7, 11) is 0. The predicted octanol–water partition coefficient (Wildman–Crippen LogP) is 4.96. The zero-order chi connectivity index (χ0) is 14.8. The summed E-state index contributed by atoms with van der Waals surface area (Å²) in [5.41, 5.74) is 1.17. The van der Waals surface area contributed by atoms with Gasteiger partial charge in [-0.25, -0.2) is 0 Å². The zero-order valence-electron chi connectivity index (χ0n) is 12.1. The Bertz CT molecular complexity index is 487. The number of nitro benzene ring substituents is 1. The van der Waals surface area contributed by atoms with Crippen molar-refractivity contribution < 1.29 is 4.92 Å². The van der Waals surface area contributed by atoms with Crippen molar-refractivity contribution >= 4 is 17.3 Å². The standard InChI is InChI=1S/C16H22ClNO2/c1-16(2)10-6-5-8-13(16)14(17)11-12-7-3-4-9-15(12)18(19)20/h3-4,7,9,13-14H,5-6,8,10-11H2,1-2H3. The summed E-state index contributed by atoms with van der Waals surface area (Å²) in [6.45, 7) is 4.54. The largest absolute Gasteiger partial charge is 0.272 e. The van der Waals surface area contributed by atoms with Gasteiger partial charge in [-0.05, 0) is 30.6 Å². The van der Waals surface area contributed by atoms with Crippen molar-refractivity contribution in [1.82, 2.24) is 0 Å². The van der Waals surface area contributed by atoms with Crippen LogP contribution in [-0.4, -0.2) is 10.3 Å². The highest BCUT2D eigenvalue weighted by Crippen LogP contribution is 2.44. The maximum absolute atomic E-state index is 11.1. The molecule has 20 heavy (non-hydrogen) atoms. The van der Waals surface area contributed by atoms with Crippen LogP contribution in [0.2, 0.25) is 0 Å². The van der Waals surface area contributed by atoms with E-state index < -0.39 is 0 Å². The second-order valence-corrected chi connectivity index (χ2v) is 7.01. The van der Waals surface area contributed by atoms with Crippen LogP contribution in [0, 0.1) is 21.4 Å². The van der Waals surface area contributed by atoms with Gasteiger partial charge in [0.1, 0.15) is 0 Å². The number of rotatable bonds is 4. The lowest BCUT2D eigenvalue weighted by Crippen LogP contribution is -2.35. The second-order valence-electron chi connectivity index (χ2n) is 6.45. The van der Waals surface area contributed by atoms with Gasteiger partial charge in [-0.1, -0.05) is 44.9 Å². The van der Waals surface area contributed by atoms with Crippen molar-refractivity contribution in [2.45, 2.75) is 51.3 Å². The topological polar surface area (TPSA) is 43.1 Å². The number of nitro groups is 1. The van der Waals surface area contributed by atoms with Gasteiger partial charge in [0.05, 0.1) is 4.92 Å². The van der Waals surface area contributed by atoms with Crippen molar-refractivity contribution in [2.75, 3.05) is 0 Å². The molecule has 0 bridgehead atoms. The second kappa shape index (κ2) is 6.13. The first-order chi connectivity index (χ1) is 9.42. The molecule has 1 aromatic rings. The van der Waals surface area contributed by atoms with Crippen molar-refractivity contribution in [3.63, 3.8) is 0 Å². The Labute approximate surface area is 125 Å². The Kier molecular flexibility index (Phi) is 4.69. The van der Waals surface area contributed by atoms with Gasteiger partial charge in [-0.2, -0.15) is 0 Å². The zero-order valence-corrected chi connectivity index (χ0v) is 12.9. The van der Waals surface area contributed by atoms with E-state index in [2.05, 4.69) is 13.8 Å². The first-order valence-corrected chi connectivity index (χ1v) is 7.72. The minimum atomic E-state index is -0.315. The number of nitrogens with zero attached hydrogens (tertiary/aromatic N) is 1. The number of para-hydroxylation sites is 1. The fourth-order valence-corrected chi connectivity index (χ4v) is 4.04. The highest BCUT2D eigenvalue weighted by Gasteiger charge is 2.37. The summed E-state index contributed by atoms with van der Waals surface area (Å²) in [5, 5.41) is 11.0. The summed E-state index contributed by atoms with van der Waals surface area (Å²) in [6.07, 6.45) is 5.37. The third kappa shape index (κ3) is 3.32. The quantitative estimate of drug-likeness (QED) is 0.447. The molecule has 2 unspecified atom stereocenters. The lowest BCUT2D eigenvalue weighted by atomic mass is 9.67. The van der Waals surface area contributed by atoms with Crippen LogP contribution < -0.4 is 0 Å². The Hall–Kier alpha value is -1.09. The highest BCUT2D eigenvalue weighted by atomic mass is 35.5. The van der Waals surface area contributed by atoms with Gasteiger partial charge in [0.25, 0.3) is 5.69 Å². The molecule has 1 fully saturated rings. The van der Waals surface area contributed by atoms with Gasteiger partial charge < -0.3 is 0 Å². The SMILES string of the molecule is CC1(C)CCCCC1C(Cl)Cc1ccccc1[N+](=O)[O-]. The van der Waals surface area contributed by atoms with Crippen molar-refractivity contribution in [1.29, 1.82) is 0 Å². The van der Waals surface area contributed by atoms with E-state index in [1.165, 1.54) is 19.3 Å². The third-order valence-corrected chi connectivity index (χ3v) is 5.09. The minimum absolute atomic E-state index is 0.0357. The van der Waals surface area contributed by atoms with Crippen LogP contribution in [0.3, 0.4) is 0 Å². The van der Waals surface area contributed by atoms with Crippen LogP contribution in [0.4, 0.5) is 5.69 Å². The molecule has 3 nitrogen and oxygen atoms in total. The van der Waals surface area contributed by atoms with E-state index in [0.717, 1.165) is 12.0 Å². The monoisotopic (exact) mass is 295 g/mol. The van der Waals surface area contributed by atoms with Crippen LogP contribution in [0.1, 0.15) is 45.1 Å². The van der Waals surface area contributed by atoms with Gasteiger partial charge in [-0.15, -0.1) is 11.6 Å². The molecule has 4 heteroatoms. The molecule has 110 valence electrons. The van der Waals surface area contributed by atoms with Crippen LogP contribution in [0.25, 0.3) is 0 Å². The molecule has 0 radical (unpaired) electrons. The van der Waals surface area contributed by atoms with Crippen LogP contribution in [-0.2, 0) is 6.42 Å². The fraction of sp³-hybridized carbons (Fsp3) is 0.625. The predicted molar refractivity (Wildman–Crippen MR) is 82.2 cm³/mol. The Morgan fingerprint density at radius 2 is 2.10 bits per heavy atom. The molecule has 0 aromatic heterocycles. The lowest BCUT2D eigenvalue weighted by Gasteiger charge is -2.41. The van der Waals surface area contributed by atoms with Crippen molar-refractivity contribution in [3.05, 3.63) is 39.9 Å². The molecule has 1 aromatic carbocycles. The number of halogens is 1. The normalized spacial score (nSPS) is 23.2. The summed E-state index contributed by atoms with van der Waals surface area (Å²) in [6, 6.07) is 6.93. The van der Waals surface area contributed by atoms with Gasteiger partial charge in [-0.3, -0.25) is 10.1 Å². The van der Waals surface area contributed by atoms with E-state index >= 15 is 0 Å². The fourth-order valence-electron chi connectivity index (χ4n) is 3.41. The molecule has 0 saturated heterocycles. The molecule has 1 saturated carbocycles. The van der Waals surface area contributed by atoms with Crippen LogP contribution >= 0.6 is 11.6 Å². The van der Waals surface area contributed by atoms with Gasteiger partial charge >= 0.3 is 0 Å². The van der Waals surface area contributed by atoms with Crippen LogP contribution in [0.15, 0.2) is 24.3 Å². The lowest BCUT2D eigenvalue weighted by molar-refractivity contribution is -0.385. The molecule has 1 aliphatic carbocycles. The molecule has 0 spiro atoms. The Balaban J connectivity index is 2.15. The van der Waals surface area contributed by atoms with E-state index in [1.54, 1.807) is 12.1 Å². The summed E-state index contributed by atoms with van der Waals surface area (Å²) in [5.74, 6) is 0.428. The first kappa shape index (κ1) is 15.3. The van der Waals surface area contributed by atoms with E-state index in [0.29, 0.717) is 12.3 Å². The van der Waals surface area contributed by atoms with Gasteiger partial charge in [0.15, 0.2) is 0 Å². The smallest absolute Gasteiger partial charge is 0.258 e. The number of hydrogen-bond acceptors (Lipinski definition) is 2. The Morgan fingerprint density at radius 1 is 1.40 bits per heavy atom. The molecular formula is C16H22ClNO2. The molecule has 2 atom stereocenters. The molecule has 0 heterocycles. The summed E-state index contributed by atoms with van der Waals surface area (Å²) in [4.78, 5) is 10.8. The molecule has 1 aliphatic rings. The highest BCUT2D eigenvalue weighted by molar-refractivity contribution is 6.21. The maximum Gasteiger partial charge on any atom is 0.272 e. The Morgan fingerprint density at radius 3 is 2.75 bits per heavy atom. The number of benzene rings is 1. The average Bonchev–Trinajstić information content (AvgIpc) is 2.38. The van der Waals surface area contributed by atoms with E-state index in [4.69, 9.17) is 11.6 Å². The van der Waals surface area contributed by atoms with E-state index in [9.17, 15) is 10.1 Å². The van der Waals surface area contributed by atoms with E-state index in [1.807, 2.05) is 12.1 Å². The summed E-state index contributed by atoms with van der Waals surface area (Å²) < 4.78 is 0. The van der Waals surface area contributed by atoms with Crippen LogP contribution in [0.5, 0.6) is 0 Å². The first-order valence-electron chi connectivity index (χ1n) is 7.28. The molecule has 0 N–H and O–H groups in total. The van der Waals surface area contributed by atoms with Crippen molar-refractivity contribution in [2.24, 2.45) is 11.3 Å². The van der Waals surface area contributed by atoms with E-state index in [-0.39, 0.29) is 21.4 Å². The summed E-state index contributed by atoms with van der Waals surface area (Å²) >= 11 is 6.63. The average molecular weight is 296 g/mol. The van der Waals surface area contributed by atoms with Gasteiger partial charge in [0, 0.05) is 17.0 Å². The minimum Gasteiger partial charge on any atom is -0.258 e. The molecule has 0 aliphatic heterocycles. The molecule has 0 amide bonds. The van der Waals surface area contributed by atoms with Gasteiger partial charge in [0.2, 0.25) is 0 Å². The number of alkyl halides is 1. The third-order valence-electron chi connectivity index (χ3n) is 4.63. The van der Waals surface area contributed by atoms with Crippen molar-refractivity contribution in [3.8, 4) is 0 Å². The molecule has 2 rings (SSSR count). The number of hydrogen-bond donors (Lipinski definition) is 0.